The van der Waals surface area contributed by atoms with Gasteiger partial charge in [0.1, 0.15) is 0 Å². The van der Waals surface area contributed by atoms with E-state index >= 15 is 0 Å². The molecule has 1 aliphatic rings. The molecule has 4 rings (SSSR count). The summed E-state index contributed by atoms with van der Waals surface area (Å²) in [7, 11) is 3.25. The Balaban J connectivity index is 0.000000755. The van der Waals surface area contributed by atoms with E-state index in [1.807, 2.05) is 26.0 Å². The standard InChI is InChI=1S/C22H25BrN2O.C2H6O/c1-22(2,26)15-8-6-14(7-9-15)13-24-20-5-3-4-17-18-12-16(23)10-11-19(18)25-21(17)20;1-3-2/h6-12,20,24-26H,3-5,13H2,1-2H3;1-2H3. The molecule has 1 heterocycles. The molecule has 1 unspecified atom stereocenters. The molecule has 0 fully saturated rings. The van der Waals surface area contributed by atoms with Crippen LogP contribution in [0.5, 0.6) is 0 Å². The molecule has 1 aliphatic carbocycles. The van der Waals surface area contributed by atoms with Crippen LogP contribution in [0.1, 0.15) is 55.1 Å². The zero-order valence-electron chi connectivity index (χ0n) is 17.7. The molecule has 4 nitrogen and oxygen atoms in total. The van der Waals surface area contributed by atoms with E-state index in [1.165, 1.54) is 34.1 Å². The summed E-state index contributed by atoms with van der Waals surface area (Å²) >= 11 is 3.59. The number of ether oxygens (including phenoxy) is 1. The van der Waals surface area contributed by atoms with E-state index in [0.717, 1.165) is 29.4 Å². The van der Waals surface area contributed by atoms with Gasteiger partial charge >= 0.3 is 0 Å². The fraction of sp³-hybridized carbons (Fsp3) is 0.417. The van der Waals surface area contributed by atoms with Crippen molar-refractivity contribution in [2.75, 3.05) is 14.2 Å². The number of nitrogens with one attached hydrogen (secondary N) is 2. The Hall–Kier alpha value is -1.66. The maximum atomic E-state index is 10.1. The highest BCUT2D eigenvalue weighted by Gasteiger charge is 2.24. The number of rotatable bonds is 4. The van der Waals surface area contributed by atoms with Crippen LogP contribution in [-0.2, 0) is 23.3 Å². The Morgan fingerprint density at radius 2 is 1.86 bits per heavy atom. The average Bonchev–Trinajstić information content (AvgIpc) is 3.05. The molecule has 2 aromatic carbocycles. The number of aromatic amines is 1. The van der Waals surface area contributed by atoms with E-state index in [0.29, 0.717) is 6.04 Å². The fourth-order valence-electron chi connectivity index (χ4n) is 3.91. The molecule has 5 heteroatoms. The van der Waals surface area contributed by atoms with Gasteiger partial charge in [0.15, 0.2) is 0 Å². The molecule has 0 bridgehead atoms. The number of methoxy groups -OCH3 is 1. The Morgan fingerprint density at radius 1 is 1.17 bits per heavy atom. The second-order valence-electron chi connectivity index (χ2n) is 8.20. The molecule has 1 atom stereocenters. The number of aliphatic hydroxyl groups is 1. The van der Waals surface area contributed by atoms with Crippen molar-refractivity contribution in [1.82, 2.24) is 10.3 Å². The average molecular weight is 459 g/mol. The number of aryl methyl sites for hydroxylation is 1. The molecule has 0 saturated carbocycles. The first kappa shape index (κ1) is 22.0. The highest BCUT2D eigenvalue weighted by Crippen LogP contribution is 2.36. The van der Waals surface area contributed by atoms with Crippen molar-refractivity contribution in [1.29, 1.82) is 0 Å². The third-order valence-corrected chi connectivity index (χ3v) is 5.88. The van der Waals surface area contributed by atoms with Gasteiger partial charge in [0.2, 0.25) is 0 Å². The van der Waals surface area contributed by atoms with E-state index in [-0.39, 0.29) is 0 Å². The lowest BCUT2D eigenvalue weighted by atomic mass is 9.91. The van der Waals surface area contributed by atoms with Gasteiger partial charge in [0.05, 0.1) is 5.60 Å². The number of hydrogen-bond donors (Lipinski definition) is 3. The van der Waals surface area contributed by atoms with Crippen molar-refractivity contribution in [3.8, 4) is 0 Å². The molecule has 0 aliphatic heterocycles. The number of halogens is 1. The van der Waals surface area contributed by atoms with E-state index in [1.54, 1.807) is 14.2 Å². The number of fused-ring (bicyclic) bond motifs is 3. The molecule has 0 amide bonds. The topological polar surface area (TPSA) is 57.3 Å². The van der Waals surface area contributed by atoms with Crippen LogP contribution in [0, 0.1) is 0 Å². The van der Waals surface area contributed by atoms with Crippen molar-refractivity contribution in [3.05, 3.63) is 69.3 Å². The largest absolute Gasteiger partial charge is 0.388 e. The van der Waals surface area contributed by atoms with E-state index < -0.39 is 5.60 Å². The fourth-order valence-corrected chi connectivity index (χ4v) is 4.27. The van der Waals surface area contributed by atoms with Gasteiger partial charge in [-0.15, -0.1) is 0 Å². The van der Waals surface area contributed by atoms with Gasteiger partial charge in [-0.25, -0.2) is 0 Å². The van der Waals surface area contributed by atoms with Crippen LogP contribution in [0.4, 0.5) is 0 Å². The molecule has 1 aromatic heterocycles. The molecule has 0 saturated heterocycles. The highest BCUT2D eigenvalue weighted by atomic mass is 79.9. The zero-order valence-corrected chi connectivity index (χ0v) is 19.3. The maximum Gasteiger partial charge on any atom is 0.0840 e. The summed E-state index contributed by atoms with van der Waals surface area (Å²) < 4.78 is 5.38. The number of aromatic nitrogens is 1. The molecule has 3 N–H and O–H groups in total. The van der Waals surface area contributed by atoms with Crippen LogP contribution in [-0.4, -0.2) is 24.3 Å². The molecule has 0 radical (unpaired) electrons. The second kappa shape index (κ2) is 9.43. The van der Waals surface area contributed by atoms with Gasteiger partial charge in [-0.3, -0.25) is 0 Å². The SMILES string of the molecule is CC(C)(O)c1ccc(CNC2CCCc3c2[nH]c2ccc(Br)cc32)cc1.COC. The van der Waals surface area contributed by atoms with Gasteiger partial charge in [-0.2, -0.15) is 0 Å². The lowest BCUT2D eigenvalue weighted by Gasteiger charge is -2.24. The molecule has 156 valence electrons. The Labute approximate surface area is 181 Å². The van der Waals surface area contributed by atoms with Crippen LogP contribution >= 0.6 is 15.9 Å². The quantitative estimate of drug-likeness (QED) is 0.477. The van der Waals surface area contributed by atoms with E-state index in [4.69, 9.17) is 0 Å². The van der Waals surface area contributed by atoms with Crippen LogP contribution in [0.15, 0.2) is 46.9 Å². The predicted molar refractivity (Wildman–Crippen MR) is 123 cm³/mol. The zero-order chi connectivity index (χ0) is 21.0. The van der Waals surface area contributed by atoms with Gasteiger partial charge in [0.25, 0.3) is 0 Å². The summed E-state index contributed by atoms with van der Waals surface area (Å²) in [5.41, 5.74) is 5.43. The smallest absolute Gasteiger partial charge is 0.0840 e. The lowest BCUT2D eigenvalue weighted by Crippen LogP contribution is -2.25. The molecule has 3 aromatic rings. The monoisotopic (exact) mass is 458 g/mol. The normalized spacial score (nSPS) is 16.3. The molecule has 29 heavy (non-hydrogen) atoms. The Morgan fingerprint density at radius 3 is 2.52 bits per heavy atom. The third-order valence-electron chi connectivity index (χ3n) is 5.38. The van der Waals surface area contributed by atoms with E-state index in [9.17, 15) is 5.11 Å². The lowest BCUT2D eigenvalue weighted by molar-refractivity contribution is 0.0786. The maximum absolute atomic E-state index is 10.1. The first-order valence-corrected chi connectivity index (χ1v) is 10.9. The summed E-state index contributed by atoms with van der Waals surface area (Å²) in [5, 5.41) is 15.2. The predicted octanol–water partition coefficient (Wildman–Crippen LogP) is 5.59. The van der Waals surface area contributed by atoms with Crippen molar-refractivity contribution < 1.29 is 9.84 Å². The summed E-state index contributed by atoms with van der Waals surface area (Å²) in [4.78, 5) is 3.64. The number of H-pyrrole nitrogens is 1. The van der Waals surface area contributed by atoms with Gasteiger partial charge in [-0.1, -0.05) is 40.2 Å². The second-order valence-corrected chi connectivity index (χ2v) is 9.11. The van der Waals surface area contributed by atoms with Gasteiger partial charge in [0, 0.05) is 47.9 Å². The summed E-state index contributed by atoms with van der Waals surface area (Å²) in [5.74, 6) is 0. The van der Waals surface area contributed by atoms with Crippen molar-refractivity contribution in [3.63, 3.8) is 0 Å². The summed E-state index contributed by atoms with van der Waals surface area (Å²) in [6.45, 7) is 4.46. The van der Waals surface area contributed by atoms with E-state index in [2.05, 4.69) is 61.3 Å². The van der Waals surface area contributed by atoms with Crippen LogP contribution in [0.25, 0.3) is 10.9 Å². The van der Waals surface area contributed by atoms with Crippen molar-refractivity contribution in [2.45, 2.75) is 51.3 Å². The minimum atomic E-state index is -0.789. The Kier molecular flexibility index (Phi) is 7.17. The minimum Gasteiger partial charge on any atom is -0.388 e. The third kappa shape index (κ3) is 5.28. The highest BCUT2D eigenvalue weighted by molar-refractivity contribution is 9.10. The van der Waals surface area contributed by atoms with Gasteiger partial charge < -0.3 is 20.1 Å². The Bertz CT molecular complexity index is 942. The van der Waals surface area contributed by atoms with Crippen molar-refractivity contribution >= 4 is 26.8 Å². The van der Waals surface area contributed by atoms with Crippen LogP contribution in [0.2, 0.25) is 0 Å². The summed E-state index contributed by atoms with van der Waals surface area (Å²) in [6.07, 6.45) is 3.51. The number of benzene rings is 2. The van der Waals surface area contributed by atoms with Crippen LogP contribution in [0.3, 0.4) is 0 Å². The molecular weight excluding hydrogens is 428 g/mol. The van der Waals surface area contributed by atoms with Crippen LogP contribution < -0.4 is 5.32 Å². The first-order chi connectivity index (χ1) is 13.8. The molecule has 0 spiro atoms. The first-order valence-electron chi connectivity index (χ1n) is 10.1. The van der Waals surface area contributed by atoms with Crippen molar-refractivity contribution in [2.24, 2.45) is 0 Å². The molecular formula is C24H31BrN2O2. The van der Waals surface area contributed by atoms with Gasteiger partial charge in [-0.05, 0) is 68.0 Å². The minimum absolute atomic E-state index is 0.360. The summed E-state index contributed by atoms with van der Waals surface area (Å²) in [6, 6.07) is 15.1. The number of hydrogen-bond acceptors (Lipinski definition) is 3.